The molecule has 0 saturated carbocycles. The Labute approximate surface area is 156 Å². The van der Waals surface area contributed by atoms with Crippen molar-refractivity contribution in [2.45, 2.75) is 12.8 Å². The Morgan fingerprint density at radius 1 is 0.963 bits per heavy atom. The van der Waals surface area contributed by atoms with Crippen LogP contribution in [0.4, 0.5) is 0 Å². The van der Waals surface area contributed by atoms with Crippen molar-refractivity contribution < 1.29 is 14.3 Å². The van der Waals surface area contributed by atoms with E-state index in [1.54, 1.807) is 23.1 Å². The van der Waals surface area contributed by atoms with Crippen molar-refractivity contribution >= 4 is 22.6 Å². The fraction of sp³-hybridized carbons (Fsp3) is 0.450. The second-order valence-corrected chi connectivity index (χ2v) is 7.08. The summed E-state index contributed by atoms with van der Waals surface area (Å²) < 4.78 is 5.31. The molecule has 0 radical (unpaired) electrons. The summed E-state index contributed by atoms with van der Waals surface area (Å²) in [6.45, 7) is 3.60. The molecule has 0 unspecified atom stereocenters. The predicted octanol–water partition coefficient (Wildman–Crippen LogP) is 1.24. The van der Waals surface area contributed by atoms with Crippen LogP contribution in [0.2, 0.25) is 0 Å². The number of pyridine rings is 1. The standard InChI is InChI=1S/C20H23N3O4/c24-18-16-4-2-1-3-15(16)17(13-21-18)20(26)22-7-5-14(6-8-22)19(25)23-9-11-27-12-10-23/h1-4,13-14H,5-12H2,(H,21,24). The molecular weight excluding hydrogens is 346 g/mol. The van der Waals surface area contributed by atoms with E-state index < -0.39 is 0 Å². The molecule has 1 aromatic heterocycles. The smallest absolute Gasteiger partial charge is 0.255 e. The number of piperidine rings is 1. The Balaban J connectivity index is 1.46. The number of carbonyl (C=O) groups excluding carboxylic acids is 2. The highest BCUT2D eigenvalue weighted by atomic mass is 16.5. The number of amides is 2. The number of hydrogen-bond acceptors (Lipinski definition) is 4. The number of H-pyrrole nitrogens is 1. The molecular formula is C20H23N3O4. The maximum Gasteiger partial charge on any atom is 0.255 e. The highest BCUT2D eigenvalue weighted by Crippen LogP contribution is 2.23. The van der Waals surface area contributed by atoms with Gasteiger partial charge in [-0.05, 0) is 18.9 Å². The monoisotopic (exact) mass is 369 g/mol. The van der Waals surface area contributed by atoms with Crippen molar-refractivity contribution in [1.29, 1.82) is 0 Å². The molecule has 2 amide bonds. The van der Waals surface area contributed by atoms with Gasteiger partial charge in [0, 0.05) is 49.1 Å². The van der Waals surface area contributed by atoms with Gasteiger partial charge in [0.15, 0.2) is 0 Å². The van der Waals surface area contributed by atoms with Crippen molar-refractivity contribution in [3.8, 4) is 0 Å². The van der Waals surface area contributed by atoms with Crippen molar-refractivity contribution in [2.24, 2.45) is 5.92 Å². The lowest BCUT2D eigenvalue weighted by atomic mass is 9.94. The zero-order chi connectivity index (χ0) is 18.8. The lowest BCUT2D eigenvalue weighted by Gasteiger charge is -2.35. The largest absolute Gasteiger partial charge is 0.378 e. The number of likely N-dealkylation sites (tertiary alicyclic amines) is 1. The molecule has 7 nitrogen and oxygen atoms in total. The summed E-state index contributed by atoms with van der Waals surface area (Å²) in [4.78, 5) is 43.9. The molecule has 2 aliphatic heterocycles. The van der Waals surface area contributed by atoms with Crippen molar-refractivity contribution in [3.05, 3.63) is 46.4 Å². The molecule has 0 atom stereocenters. The van der Waals surface area contributed by atoms with Crippen LogP contribution >= 0.6 is 0 Å². The molecule has 2 aliphatic rings. The zero-order valence-corrected chi connectivity index (χ0v) is 15.1. The van der Waals surface area contributed by atoms with Crippen LogP contribution in [-0.4, -0.2) is 66.0 Å². The summed E-state index contributed by atoms with van der Waals surface area (Å²) in [6.07, 6.45) is 2.84. The van der Waals surface area contributed by atoms with Crippen LogP contribution in [0.1, 0.15) is 23.2 Å². The number of nitrogens with zero attached hydrogens (tertiary/aromatic N) is 2. The number of aromatic amines is 1. The van der Waals surface area contributed by atoms with E-state index in [0.29, 0.717) is 68.6 Å². The summed E-state index contributed by atoms with van der Waals surface area (Å²) in [5.74, 6) is 0.0547. The van der Waals surface area contributed by atoms with Gasteiger partial charge in [-0.25, -0.2) is 0 Å². The molecule has 1 N–H and O–H groups in total. The third kappa shape index (κ3) is 3.47. The minimum Gasteiger partial charge on any atom is -0.378 e. The summed E-state index contributed by atoms with van der Waals surface area (Å²) in [5, 5.41) is 1.18. The number of benzene rings is 1. The van der Waals surface area contributed by atoms with Gasteiger partial charge in [0.25, 0.3) is 11.5 Å². The van der Waals surface area contributed by atoms with Gasteiger partial charge < -0.3 is 19.5 Å². The number of aromatic nitrogens is 1. The van der Waals surface area contributed by atoms with E-state index in [0.717, 1.165) is 0 Å². The van der Waals surface area contributed by atoms with Crippen molar-refractivity contribution in [3.63, 3.8) is 0 Å². The molecule has 0 spiro atoms. The molecule has 27 heavy (non-hydrogen) atoms. The van der Waals surface area contributed by atoms with Crippen molar-refractivity contribution in [1.82, 2.24) is 14.8 Å². The number of carbonyl (C=O) groups is 2. The Bertz CT molecular complexity index is 909. The molecule has 0 bridgehead atoms. The number of hydrogen-bond donors (Lipinski definition) is 1. The molecule has 142 valence electrons. The van der Waals surface area contributed by atoms with E-state index in [9.17, 15) is 14.4 Å². The molecule has 4 rings (SSSR count). The Morgan fingerprint density at radius 2 is 1.63 bits per heavy atom. The van der Waals surface area contributed by atoms with Gasteiger partial charge in [-0.15, -0.1) is 0 Å². The van der Waals surface area contributed by atoms with Crippen LogP contribution in [-0.2, 0) is 9.53 Å². The van der Waals surface area contributed by atoms with E-state index in [1.807, 2.05) is 11.0 Å². The van der Waals surface area contributed by atoms with Gasteiger partial charge in [0.05, 0.1) is 18.8 Å². The number of fused-ring (bicyclic) bond motifs is 1. The van der Waals surface area contributed by atoms with E-state index in [2.05, 4.69) is 4.98 Å². The maximum atomic E-state index is 13.0. The van der Waals surface area contributed by atoms with Gasteiger partial charge in [0.1, 0.15) is 0 Å². The molecule has 2 saturated heterocycles. The van der Waals surface area contributed by atoms with Crippen LogP contribution in [0.15, 0.2) is 35.3 Å². The average Bonchev–Trinajstić information content (AvgIpc) is 2.74. The second kappa shape index (κ2) is 7.52. The topological polar surface area (TPSA) is 82.7 Å². The first kappa shape index (κ1) is 17.7. The SMILES string of the molecule is O=C(c1c[nH]c(=O)c2ccccc12)N1CCC(C(=O)N2CCOCC2)CC1. The Kier molecular flexibility index (Phi) is 4.94. The fourth-order valence-corrected chi connectivity index (χ4v) is 3.93. The molecule has 1 aromatic carbocycles. The normalized spacial score (nSPS) is 18.7. The summed E-state index contributed by atoms with van der Waals surface area (Å²) in [5.41, 5.74) is 0.306. The zero-order valence-electron chi connectivity index (χ0n) is 15.1. The number of nitrogens with one attached hydrogen (secondary N) is 1. The fourth-order valence-electron chi connectivity index (χ4n) is 3.93. The van der Waals surface area contributed by atoms with Crippen LogP contribution < -0.4 is 5.56 Å². The van der Waals surface area contributed by atoms with Crippen LogP contribution in [0.3, 0.4) is 0 Å². The first-order valence-electron chi connectivity index (χ1n) is 9.41. The van der Waals surface area contributed by atoms with E-state index in [1.165, 1.54) is 6.20 Å². The van der Waals surface area contributed by atoms with E-state index in [-0.39, 0.29) is 23.3 Å². The third-order valence-electron chi connectivity index (χ3n) is 5.49. The average molecular weight is 369 g/mol. The van der Waals surface area contributed by atoms with Crippen LogP contribution in [0.25, 0.3) is 10.8 Å². The lowest BCUT2D eigenvalue weighted by Crippen LogP contribution is -2.47. The summed E-state index contributed by atoms with van der Waals surface area (Å²) in [7, 11) is 0. The molecule has 2 aromatic rings. The quantitative estimate of drug-likeness (QED) is 0.863. The molecule has 7 heteroatoms. The van der Waals surface area contributed by atoms with Crippen molar-refractivity contribution in [2.75, 3.05) is 39.4 Å². The number of ether oxygens (including phenoxy) is 1. The van der Waals surface area contributed by atoms with Crippen LogP contribution in [0, 0.1) is 5.92 Å². The van der Waals surface area contributed by atoms with Gasteiger partial charge in [-0.2, -0.15) is 0 Å². The van der Waals surface area contributed by atoms with Gasteiger partial charge >= 0.3 is 0 Å². The van der Waals surface area contributed by atoms with Gasteiger partial charge in [-0.1, -0.05) is 18.2 Å². The van der Waals surface area contributed by atoms with E-state index >= 15 is 0 Å². The number of rotatable bonds is 2. The minimum absolute atomic E-state index is 0.0283. The first-order valence-corrected chi connectivity index (χ1v) is 9.41. The lowest BCUT2D eigenvalue weighted by molar-refractivity contribution is -0.141. The third-order valence-corrected chi connectivity index (χ3v) is 5.49. The summed E-state index contributed by atoms with van der Waals surface area (Å²) >= 11 is 0. The highest BCUT2D eigenvalue weighted by molar-refractivity contribution is 6.06. The molecule has 2 fully saturated rings. The molecule has 0 aliphatic carbocycles. The number of morpholine rings is 1. The first-order chi connectivity index (χ1) is 13.1. The Hall–Kier alpha value is -2.67. The van der Waals surface area contributed by atoms with Crippen LogP contribution in [0.5, 0.6) is 0 Å². The molecule has 3 heterocycles. The Morgan fingerprint density at radius 3 is 2.33 bits per heavy atom. The maximum absolute atomic E-state index is 13.0. The summed E-state index contributed by atoms with van der Waals surface area (Å²) in [6, 6.07) is 7.13. The van der Waals surface area contributed by atoms with E-state index in [4.69, 9.17) is 4.74 Å². The minimum atomic E-state index is -0.197. The highest BCUT2D eigenvalue weighted by Gasteiger charge is 2.31. The predicted molar refractivity (Wildman–Crippen MR) is 101 cm³/mol. The second-order valence-electron chi connectivity index (χ2n) is 7.08. The van der Waals surface area contributed by atoms with Gasteiger partial charge in [-0.3, -0.25) is 14.4 Å². The van der Waals surface area contributed by atoms with Gasteiger partial charge in [0.2, 0.25) is 5.91 Å².